The summed E-state index contributed by atoms with van der Waals surface area (Å²) in [4.78, 5) is 30.2. The van der Waals surface area contributed by atoms with Crippen molar-refractivity contribution < 1.29 is 87.5 Å². The fourth-order valence-corrected chi connectivity index (χ4v) is 3.46. The van der Waals surface area contributed by atoms with Crippen molar-refractivity contribution in [1.82, 2.24) is 10.3 Å². The monoisotopic (exact) mass is 701 g/mol. The fourth-order valence-electron chi connectivity index (χ4n) is 3.46. The zero-order valence-corrected chi connectivity index (χ0v) is 23.8. The Labute approximate surface area is 252 Å². The van der Waals surface area contributed by atoms with Gasteiger partial charge in [0.25, 0.3) is 0 Å². The summed E-state index contributed by atoms with van der Waals surface area (Å²) in [6.45, 7) is 4.26. The van der Waals surface area contributed by atoms with Crippen molar-refractivity contribution in [1.29, 1.82) is 0 Å². The number of nitrogens with one attached hydrogen (secondary N) is 1. The van der Waals surface area contributed by atoms with Crippen molar-refractivity contribution in [2.45, 2.75) is 88.3 Å². The molecular weight excluding hydrogens is 670 g/mol. The lowest BCUT2D eigenvalue weighted by Crippen LogP contribution is -2.44. The molecule has 1 atom stereocenters. The molecule has 7 N–H and O–H groups in total. The van der Waals surface area contributed by atoms with Crippen molar-refractivity contribution >= 4 is 17.9 Å². The summed E-state index contributed by atoms with van der Waals surface area (Å²) < 4.78 is 133. The summed E-state index contributed by atoms with van der Waals surface area (Å²) in [5.41, 5.74) is 4.76. The van der Waals surface area contributed by atoms with Crippen molar-refractivity contribution in [2.75, 3.05) is 6.54 Å². The lowest BCUT2D eigenvalue weighted by molar-refractivity contribution is -0.193. The summed E-state index contributed by atoms with van der Waals surface area (Å²) in [6, 6.07) is 3.89. The van der Waals surface area contributed by atoms with Crippen molar-refractivity contribution in [2.24, 2.45) is 11.7 Å². The van der Waals surface area contributed by atoms with Gasteiger partial charge in [-0.25, -0.2) is 19.4 Å². The summed E-state index contributed by atoms with van der Waals surface area (Å²) >= 11 is 0. The van der Waals surface area contributed by atoms with Gasteiger partial charge in [0, 0.05) is 18.1 Å². The van der Waals surface area contributed by atoms with Crippen LogP contribution in [0.3, 0.4) is 0 Å². The molecule has 1 aromatic rings. The third-order valence-corrected chi connectivity index (χ3v) is 5.59. The van der Waals surface area contributed by atoms with E-state index in [1.54, 1.807) is 0 Å². The lowest BCUT2D eigenvalue weighted by atomic mass is 9.79. The number of nitrogens with zero attached hydrogens (tertiary/aromatic N) is 1. The first kappa shape index (κ1) is 44.7. The van der Waals surface area contributed by atoms with Gasteiger partial charge < -0.3 is 31.5 Å². The zero-order valence-electron chi connectivity index (χ0n) is 23.8. The Morgan fingerprint density at radius 3 is 1.50 bits per heavy atom. The number of aliphatic hydroxyl groups is 1. The van der Waals surface area contributed by atoms with Crippen LogP contribution in [0.1, 0.15) is 63.4 Å². The molecule has 1 aromatic heterocycles. The van der Waals surface area contributed by atoms with Gasteiger partial charge in [0.1, 0.15) is 11.8 Å². The number of β-amino-alcohol motifs (C(OH)–C–C–N with tert-alkyl or cyclic N) is 1. The number of rotatable bonds is 6. The standard InChI is InChI=1S/C18H28F3N3O.3C2HF3O2/c1-17(2,10-12-6-8-13(22)9-7-12)23-11-15(25)14-4-3-5-16(24-14)18(19,20)21;3*3-2(4,5)1(6)7/h3-5,12-13,15,23,25H,6-11,22H2,1-2H3;3*(H,6,7)/t12?,13?,15-;;;/m0.../s1. The van der Waals surface area contributed by atoms with Crippen molar-refractivity contribution in [3.63, 3.8) is 0 Å². The smallest absolute Gasteiger partial charge is 0.475 e. The van der Waals surface area contributed by atoms with Crippen LogP contribution in [0, 0.1) is 5.92 Å². The molecule has 2 rings (SSSR count). The molecule has 268 valence electrons. The van der Waals surface area contributed by atoms with E-state index in [0.29, 0.717) is 12.0 Å². The first-order valence-electron chi connectivity index (χ1n) is 12.5. The van der Waals surface area contributed by atoms with Crippen LogP contribution in [0.2, 0.25) is 0 Å². The number of carbonyl (C=O) groups is 3. The number of halogens is 12. The average molecular weight is 702 g/mol. The van der Waals surface area contributed by atoms with Crippen LogP contribution < -0.4 is 11.1 Å². The number of aliphatic hydroxyl groups excluding tert-OH is 1. The van der Waals surface area contributed by atoms with Gasteiger partial charge in [-0.2, -0.15) is 52.7 Å². The topological polar surface area (TPSA) is 183 Å². The Morgan fingerprint density at radius 2 is 1.17 bits per heavy atom. The second kappa shape index (κ2) is 18.1. The fraction of sp³-hybridized carbons (Fsp3) is 0.667. The maximum atomic E-state index is 12.7. The molecule has 0 spiro atoms. The van der Waals surface area contributed by atoms with Gasteiger partial charge >= 0.3 is 42.6 Å². The van der Waals surface area contributed by atoms with Gasteiger partial charge in [-0.1, -0.05) is 6.07 Å². The molecule has 1 heterocycles. The quantitative estimate of drug-likeness (QED) is 0.213. The van der Waals surface area contributed by atoms with E-state index < -0.39 is 54.4 Å². The third kappa shape index (κ3) is 20.6. The van der Waals surface area contributed by atoms with Crippen LogP contribution in [-0.4, -0.2) is 80.0 Å². The highest BCUT2D eigenvalue weighted by Crippen LogP contribution is 2.31. The summed E-state index contributed by atoms with van der Waals surface area (Å²) in [7, 11) is 0. The number of aliphatic carboxylic acids is 3. The number of carboxylic acids is 3. The minimum atomic E-state index is -5.08. The molecule has 0 saturated heterocycles. The Morgan fingerprint density at radius 1 is 0.804 bits per heavy atom. The molecule has 1 aliphatic carbocycles. The number of hydrogen-bond donors (Lipinski definition) is 6. The highest BCUT2D eigenvalue weighted by atomic mass is 19.4. The number of carboxylic acid groups (broad SMARTS) is 3. The zero-order chi connectivity index (χ0) is 36.9. The van der Waals surface area contributed by atoms with Crippen LogP contribution in [0.15, 0.2) is 18.2 Å². The van der Waals surface area contributed by atoms with Gasteiger partial charge in [-0.15, -0.1) is 0 Å². The molecule has 46 heavy (non-hydrogen) atoms. The maximum absolute atomic E-state index is 12.7. The predicted octanol–water partition coefficient (Wildman–Crippen LogP) is 5.31. The number of alkyl halides is 12. The normalized spacial score (nSPS) is 17.9. The highest BCUT2D eigenvalue weighted by molar-refractivity contribution is 5.73. The highest BCUT2D eigenvalue weighted by Gasteiger charge is 2.39. The van der Waals surface area contributed by atoms with E-state index in [-0.39, 0.29) is 17.8 Å². The van der Waals surface area contributed by atoms with Crippen LogP contribution >= 0.6 is 0 Å². The molecule has 0 aliphatic heterocycles. The molecule has 0 amide bonds. The Hall–Kier alpha value is -3.40. The van der Waals surface area contributed by atoms with E-state index in [0.717, 1.165) is 38.2 Å². The predicted molar refractivity (Wildman–Crippen MR) is 132 cm³/mol. The molecule has 0 bridgehead atoms. The molecule has 0 aromatic carbocycles. The molecule has 1 fully saturated rings. The Kier molecular flexibility index (Phi) is 17.6. The number of hydrogen-bond acceptors (Lipinski definition) is 7. The third-order valence-electron chi connectivity index (χ3n) is 5.59. The molecule has 1 saturated carbocycles. The molecular formula is C24H31F12N3O7. The summed E-state index contributed by atoms with van der Waals surface area (Å²) in [6.07, 6.45) is -15.6. The molecule has 22 heteroatoms. The summed E-state index contributed by atoms with van der Waals surface area (Å²) in [5.74, 6) is -7.68. The van der Waals surface area contributed by atoms with E-state index in [1.807, 2.05) is 13.8 Å². The summed E-state index contributed by atoms with van der Waals surface area (Å²) in [5, 5.41) is 34.9. The van der Waals surface area contributed by atoms with Gasteiger partial charge in [0.2, 0.25) is 0 Å². The Balaban J connectivity index is 0. The molecule has 1 aliphatic rings. The SMILES string of the molecule is CC(C)(CC1CCC(N)CC1)NC[C@H](O)c1cccc(C(F)(F)F)n1.O=C(O)C(F)(F)F.O=C(O)C(F)(F)F.O=C(O)C(F)(F)F. The lowest BCUT2D eigenvalue weighted by Gasteiger charge is -2.34. The van der Waals surface area contributed by atoms with Gasteiger partial charge in [-0.05, 0) is 64.0 Å². The minimum absolute atomic E-state index is 0.0294. The van der Waals surface area contributed by atoms with Crippen molar-refractivity contribution in [3.05, 3.63) is 29.6 Å². The number of pyridine rings is 1. The van der Waals surface area contributed by atoms with E-state index >= 15 is 0 Å². The molecule has 0 unspecified atom stereocenters. The molecule has 0 radical (unpaired) electrons. The number of aromatic nitrogens is 1. The Bertz CT molecular complexity index is 1040. The molecule has 10 nitrogen and oxygen atoms in total. The van der Waals surface area contributed by atoms with E-state index in [9.17, 15) is 57.8 Å². The van der Waals surface area contributed by atoms with Gasteiger partial charge in [0.05, 0.1) is 5.69 Å². The van der Waals surface area contributed by atoms with E-state index in [1.165, 1.54) is 12.1 Å². The van der Waals surface area contributed by atoms with E-state index in [2.05, 4.69) is 10.3 Å². The van der Waals surface area contributed by atoms with Gasteiger partial charge in [0.15, 0.2) is 0 Å². The minimum Gasteiger partial charge on any atom is -0.475 e. The largest absolute Gasteiger partial charge is 0.490 e. The second-order valence-corrected chi connectivity index (χ2v) is 10.1. The first-order chi connectivity index (χ1) is 20.4. The van der Waals surface area contributed by atoms with Gasteiger partial charge in [-0.3, -0.25) is 0 Å². The second-order valence-electron chi connectivity index (χ2n) is 10.1. The van der Waals surface area contributed by atoms with E-state index in [4.69, 9.17) is 35.4 Å². The first-order valence-corrected chi connectivity index (χ1v) is 12.5. The number of nitrogens with two attached hydrogens (primary N) is 1. The average Bonchev–Trinajstić information content (AvgIpc) is 2.87. The van der Waals surface area contributed by atoms with Crippen LogP contribution in [0.4, 0.5) is 52.7 Å². The van der Waals surface area contributed by atoms with Crippen molar-refractivity contribution in [3.8, 4) is 0 Å². The van der Waals surface area contributed by atoms with Crippen LogP contribution in [0.5, 0.6) is 0 Å². The van der Waals surface area contributed by atoms with Crippen LogP contribution in [-0.2, 0) is 20.6 Å². The maximum Gasteiger partial charge on any atom is 0.490 e. The van der Waals surface area contributed by atoms with Crippen LogP contribution in [0.25, 0.3) is 0 Å².